The summed E-state index contributed by atoms with van der Waals surface area (Å²) in [6, 6.07) is 2.62. The molecule has 88 valence electrons. The van der Waals surface area contributed by atoms with Crippen molar-refractivity contribution in [2.45, 2.75) is 12.8 Å². The first kappa shape index (κ1) is 13.2. The summed E-state index contributed by atoms with van der Waals surface area (Å²) >= 11 is 11.2. The summed E-state index contributed by atoms with van der Waals surface area (Å²) in [5.41, 5.74) is 5.64. The predicted octanol–water partition coefficient (Wildman–Crippen LogP) is 2.81. The predicted molar refractivity (Wildman–Crippen MR) is 63.3 cm³/mol. The zero-order chi connectivity index (χ0) is 12.1. The van der Waals surface area contributed by atoms with E-state index in [1.54, 1.807) is 0 Å². The lowest BCUT2D eigenvalue weighted by molar-refractivity contribution is -0.116. The Labute approximate surface area is 103 Å². The average Bonchev–Trinajstić information content (AvgIpc) is 2.23. The molecule has 0 aliphatic rings. The highest BCUT2D eigenvalue weighted by molar-refractivity contribution is 6.35. The van der Waals surface area contributed by atoms with Gasteiger partial charge in [-0.05, 0) is 25.1 Å². The van der Waals surface area contributed by atoms with Crippen molar-refractivity contribution in [3.63, 3.8) is 0 Å². The fraction of sp³-hybridized carbons (Fsp3) is 0.300. The summed E-state index contributed by atoms with van der Waals surface area (Å²) in [5.74, 6) is -0.896. The van der Waals surface area contributed by atoms with Crippen molar-refractivity contribution >= 4 is 34.8 Å². The van der Waals surface area contributed by atoms with Crippen molar-refractivity contribution in [2.24, 2.45) is 5.73 Å². The van der Waals surface area contributed by atoms with Crippen LogP contribution in [-0.2, 0) is 4.79 Å². The number of rotatable bonds is 4. The number of amides is 1. The Balaban J connectivity index is 2.71. The van der Waals surface area contributed by atoms with Gasteiger partial charge in [-0.1, -0.05) is 23.2 Å². The van der Waals surface area contributed by atoms with Crippen LogP contribution in [0.1, 0.15) is 12.8 Å². The number of nitrogens with one attached hydrogen (secondary N) is 1. The molecule has 0 aliphatic carbocycles. The quantitative estimate of drug-likeness (QED) is 0.822. The molecule has 0 fully saturated rings. The number of benzene rings is 1. The van der Waals surface area contributed by atoms with Gasteiger partial charge in [-0.2, -0.15) is 0 Å². The lowest BCUT2D eigenvalue weighted by Crippen LogP contribution is -2.13. The molecule has 0 aromatic heterocycles. The minimum absolute atomic E-state index is 0.123. The van der Waals surface area contributed by atoms with E-state index in [0.29, 0.717) is 25.1 Å². The molecule has 3 nitrogen and oxygen atoms in total. The minimum atomic E-state index is -0.691. The van der Waals surface area contributed by atoms with Crippen LogP contribution in [0, 0.1) is 5.82 Å². The maximum atomic E-state index is 13.1. The van der Waals surface area contributed by atoms with Crippen molar-refractivity contribution in [1.82, 2.24) is 0 Å². The Bertz CT molecular complexity index is 375. The molecule has 0 spiro atoms. The van der Waals surface area contributed by atoms with E-state index in [1.165, 1.54) is 12.1 Å². The summed E-state index contributed by atoms with van der Waals surface area (Å²) in [6.45, 7) is 0.443. The Morgan fingerprint density at radius 3 is 2.44 bits per heavy atom. The number of hydrogen-bond acceptors (Lipinski definition) is 2. The second kappa shape index (κ2) is 6.03. The van der Waals surface area contributed by atoms with Crippen LogP contribution in [0.5, 0.6) is 0 Å². The van der Waals surface area contributed by atoms with Gasteiger partial charge in [-0.15, -0.1) is 0 Å². The second-order valence-corrected chi connectivity index (χ2v) is 4.01. The second-order valence-electron chi connectivity index (χ2n) is 3.19. The number of carbonyl (C=O) groups excluding carboxylic acids is 1. The number of anilines is 1. The summed E-state index contributed by atoms with van der Waals surface area (Å²) in [6.07, 6.45) is 0.900. The van der Waals surface area contributed by atoms with Gasteiger partial charge in [-0.25, -0.2) is 4.39 Å². The van der Waals surface area contributed by atoms with E-state index in [1.807, 2.05) is 0 Å². The normalized spacial score (nSPS) is 10.2. The van der Waals surface area contributed by atoms with Crippen LogP contribution in [0.2, 0.25) is 10.0 Å². The molecule has 0 saturated heterocycles. The molecule has 1 rings (SSSR count). The summed E-state index contributed by atoms with van der Waals surface area (Å²) in [7, 11) is 0. The van der Waals surface area contributed by atoms with E-state index in [2.05, 4.69) is 5.32 Å². The van der Waals surface area contributed by atoms with Gasteiger partial charge in [-0.3, -0.25) is 4.79 Å². The van der Waals surface area contributed by atoms with E-state index in [4.69, 9.17) is 28.9 Å². The Kier molecular flexibility index (Phi) is 4.99. The SMILES string of the molecule is NCCCC(=O)Nc1cc(Cl)c(F)c(Cl)c1. The summed E-state index contributed by atoms with van der Waals surface area (Å²) < 4.78 is 13.1. The summed E-state index contributed by atoms with van der Waals surface area (Å²) in [4.78, 5) is 11.3. The van der Waals surface area contributed by atoms with Crippen molar-refractivity contribution in [1.29, 1.82) is 0 Å². The molecule has 0 radical (unpaired) electrons. The van der Waals surface area contributed by atoms with Crippen LogP contribution < -0.4 is 11.1 Å². The Hall–Kier alpha value is -0.840. The molecule has 0 unspecified atom stereocenters. The average molecular weight is 265 g/mol. The molecule has 0 aliphatic heterocycles. The third-order valence-corrected chi connectivity index (χ3v) is 2.43. The number of carbonyl (C=O) groups is 1. The van der Waals surface area contributed by atoms with Crippen LogP contribution in [0.3, 0.4) is 0 Å². The number of hydrogen-bond donors (Lipinski definition) is 2. The van der Waals surface area contributed by atoms with E-state index in [0.717, 1.165) is 0 Å². The van der Waals surface area contributed by atoms with Crippen molar-refractivity contribution in [2.75, 3.05) is 11.9 Å². The first-order chi connectivity index (χ1) is 7.54. The minimum Gasteiger partial charge on any atom is -0.330 e. The fourth-order valence-corrected chi connectivity index (χ4v) is 1.60. The van der Waals surface area contributed by atoms with Crippen molar-refractivity contribution in [3.8, 4) is 0 Å². The smallest absolute Gasteiger partial charge is 0.224 e. The van der Waals surface area contributed by atoms with Crippen LogP contribution in [0.15, 0.2) is 12.1 Å². The van der Waals surface area contributed by atoms with E-state index >= 15 is 0 Å². The topological polar surface area (TPSA) is 55.1 Å². The molecular formula is C10H11Cl2FN2O. The zero-order valence-corrected chi connectivity index (χ0v) is 9.91. The molecule has 1 amide bonds. The van der Waals surface area contributed by atoms with Gasteiger partial charge >= 0.3 is 0 Å². The maximum absolute atomic E-state index is 13.1. The fourth-order valence-electron chi connectivity index (χ4n) is 1.11. The zero-order valence-electron chi connectivity index (χ0n) is 8.40. The molecule has 1 aromatic rings. The largest absolute Gasteiger partial charge is 0.330 e. The van der Waals surface area contributed by atoms with E-state index in [-0.39, 0.29) is 16.0 Å². The molecule has 0 atom stereocenters. The third kappa shape index (κ3) is 3.63. The molecule has 3 N–H and O–H groups in total. The van der Waals surface area contributed by atoms with Gasteiger partial charge in [0.05, 0.1) is 10.0 Å². The van der Waals surface area contributed by atoms with E-state index < -0.39 is 5.82 Å². The number of nitrogens with two attached hydrogens (primary N) is 1. The molecule has 6 heteroatoms. The van der Waals surface area contributed by atoms with Gasteiger partial charge in [0.25, 0.3) is 0 Å². The third-order valence-electron chi connectivity index (χ3n) is 1.88. The molecule has 1 aromatic carbocycles. The highest BCUT2D eigenvalue weighted by Gasteiger charge is 2.09. The Morgan fingerprint density at radius 2 is 1.94 bits per heavy atom. The highest BCUT2D eigenvalue weighted by atomic mass is 35.5. The van der Waals surface area contributed by atoms with Gasteiger partial charge in [0.15, 0.2) is 5.82 Å². The monoisotopic (exact) mass is 264 g/mol. The molecule has 0 bridgehead atoms. The molecule has 0 saturated carbocycles. The first-order valence-electron chi connectivity index (χ1n) is 4.69. The van der Waals surface area contributed by atoms with Crippen LogP contribution in [0.25, 0.3) is 0 Å². The van der Waals surface area contributed by atoms with Crippen LogP contribution >= 0.6 is 23.2 Å². The van der Waals surface area contributed by atoms with Gasteiger partial charge in [0.1, 0.15) is 0 Å². The van der Waals surface area contributed by atoms with Crippen molar-refractivity contribution in [3.05, 3.63) is 28.0 Å². The standard InChI is InChI=1S/C10H11Cl2FN2O/c11-7-4-6(5-8(12)10(7)13)15-9(16)2-1-3-14/h4-5H,1-3,14H2,(H,15,16). The maximum Gasteiger partial charge on any atom is 0.224 e. The molecule has 0 heterocycles. The van der Waals surface area contributed by atoms with Crippen molar-refractivity contribution < 1.29 is 9.18 Å². The lowest BCUT2D eigenvalue weighted by atomic mass is 10.2. The van der Waals surface area contributed by atoms with Gasteiger partial charge in [0, 0.05) is 12.1 Å². The van der Waals surface area contributed by atoms with Crippen LogP contribution in [-0.4, -0.2) is 12.5 Å². The van der Waals surface area contributed by atoms with Gasteiger partial charge in [0.2, 0.25) is 5.91 Å². The lowest BCUT2D eigenvalue weighted by Gasteiger charge is -2.06. The first-order valence-corrected chi connectivity index (χ1v) is 5.44. The highest BCUT2D eigenvalue weighted by Crippen LogP contribution is 2.27. The van der Waals surface area contributed by atoms with Gasteiger partial charge < -0.3 is 11.1 Å². The van der Waals surface area contributed by atoms with Crippen LogP contribution in [0.4, 0.5) is 10.1 Å². The Morgan fingerprint density at radius 1 is 1.38 bits per heavy atom. The molecular weight excluding hydrogens is 254 g/mol. The van der Waals surface area contributed by atoms with E-state index in [9.17, 15) is 9.18 Å². The molecule has 16 heavy (non-hydrogen) atoms. The summed E-state index contributed by atoms with van der Waals surface area (Å²) in [5, 5.41) is 2.31. The number of halogens is 3.